The van der Waals surface area contributed by atoms with Gasteiger partial charge in [-0.2, -0.15) is 5.10 Å². The zero-order valence-electron chi connectivity index (χ0n) is 12.1. The van der Waals surface area contributed by atoms with E-state index in [-0.39, 0.29) is 10.6 Å². The third-order valence-electron chi connectivity index (χ3n) is 3.76. The number of carbonyl (C=O) groups excluding carboxylic acids is 1. The van der Waals surface area contributed by atoms with Crippen LogP contribution in [-0.4, -0.2) is 31.1 Å². The van der Waals surface area contributed by atoms with Crippen LogP contribution in [0.15, 0.2) is 4.90 Å². The molecule has 118 valence electrons. The van der Waals surface area contributed by atoms with E-state index in [0.717, 1.165) is 6.42 Å². The van der Waals surface area contributed by atoms with Crippen molar-refractivity contribution in [1.29, 1.82) is 0 Å². The van der Waals surface area contributed by atoms with E-state index in [1.165, 1.54) is 12.8 Å². The first-order valence-electron chi connectivity index (χ1n) is 7.14. The van der Waals surface area contributed by atoms with Crippen molar-refractivity contribution in [2.45, 2.75) is 44.4 Å². The summed E-state index contributed by atoms with van der Waals surface area (Å²) in [6.07, 6.45) is 3.59. The summed E-state index contributed by atoms with van der Waals surface area (Å²) in [6.45, 7) is 4.49. The van der Waals surface area contributed by atoms with Crippen molar-refractivity contribution < 1.29 is 13.2 Å². The van der Waals surface area contributed by atoms with Crippen LogP contribution < -0.4 is 5.32 Å². The van der Waals surface area contributed by atoms with Gasteiger partial charge in [-0.05, 0) is 31.1 Å². The molecule has 0 aromatic carbocycles. The number of aromatic amines is 1. The summed E-state index contributed by atoms with van der Waals surface area (Å²) in [4.78, 5) is 12.0. The Balaban J connectivity index is 2.16. The summed E-state index contributed by atoms with van der Waals surface area (Å²) < 4.78 is 23.4. The maximum atomic E-state index is 12.2. The average molecular weight is 334 g/mol. The van der Waals surface area contributed by atoms with Crippen molar-refractivity contribution in [1.82, 2.24) is 15.5 Å². The maximum absolute atomic E-state index is 12.2. The van der Waals surface area contributed by atoms with E-state index in [1.807, 2.05) is 6.92 Å². The van der Waals surface area contributed by atoms with E-state index in [1.54, 1.807) is 0 Å². The Kier molecular flexibility index (Phi) is 4.93. The van der Waals surface area contributed by atoms with Crippen molar-refractivity contribution in [3.8, 4) is 0 Å². The summed E-state index contributed by atoms with van der Waals surface area (Å²) in [7, 11) is 1.43. The van der Waals surface area contributed by atoms with Crippen LogP contribution in [0.4, 0.5) is 0 Å². The lowest BCUT2D eigenvalue weighted by Gasteiger charge is -2.10. The lowest BCUT2D eigenvalue weighted by atomic mass is 10.1. The fraction of sp³-hybridized carbons (Fsp3) is 0.692. The normalized spacial score (nSPS) is 16.7. The predicted molar refractivity (Wildman–Crippen MR) is 79.8 cm³/mol. The number of aryl methyl sites for hydroxylation is 1. The van der Waals surface area contributed by atoms with E-state index in [4.69, 9.17) is 10.7 Å². The summed E-state index contributed by atoms with van der Waals surface area (Å²) in [6, 6.07) is 0. The smallest absolute Gasteiger partial charge is 0.273 e. The number of carbonyl (C=O) groups is 1. The molecule has 0 radical (unpaired) electrons. The fourth-order valence-corrected chi connectivity index (χ4v) is 3.68. The van der Waals surface area contributed by atoms with Crippen LogP contribution in [-0.2, 0) is 15.5 Å². The molecule has 1 fully saturated rings. The van der Waals surface area contributed by atoms with E-state index < -0.39 is 15.0 Å². The predicted octanol–water partition coefficient (Wildman–Crippen LogP) is 2.07. The number of halogens is 1. The van der Waals surface area contributed by atoms with E-state index in [2.05, 4.69) is 22.4 Å². The van der Waals surface area contributed by atoms with Crippen LogP contribution >= 0.6 is 10.7 Å². The SMILES string of the molecule is CCCc1[nH]nc(C(=O)NCC(C)C2CC2)c1S(=O)(=O)Cl. The number of nitrogens with zero attached hydrogens (tertiary/aromatic N) is 1. The molecule has 2 N–H and O–H groups in total. The van der Waals surface area contributed by atoms with Crippen LogP contribution in [0.3, 0.4) is 0 Å². The quantitative estimate of drug-likeness (QED) is 0.747. The van der Waals surface area contributed by atoms with E-state index in [0.29, 0.717) is 30.5 Å². The number of amides is 1. The van der Waals surface area contributed by atoms with E-state index in [9.17, 15) is 13.2 Å². The number of hydrogen-bond acceptors (Lipinski definition) is 4. The molecule has 2 rings (SSSR count). The zero-order chi connectivity index (χ0) is 15.6. The first-order chi connectivity index (χ1) is 9.84. The average Bonchev–Trinajstić information content (AvgIpc) is 3.15. The third kappa shape index (κ3) is 3.97. The molecule has 0 spiro atoms. The van der Waals surface area contributed by atoms with Gasteiger partial charge >= 0.3 is 0 Å². The molecule has 1 aliphatic rings. The summed E-state index contributed by atoms with van der Waals surface area (Å²) >= 11 is 0. The number of rotatable bonds is 7. The number of hydrogen-bond donors (Lipinski definition) is 2. The topological polar surface area (TPSA) is 91.9 Å². The molecule has 0 aliphatic heterocycles. The molecular weight excluding hydrogens is 314 g/mol. The third-order valence-corrected chi connectivity index (χ3v) is 5.15. The van der Waals surface area contributed by atoms with Gasteiger partial charge in [0.25, 0.3) is 15.0 Å². The standard InChI is InChI=1S/C13H20ClN3O3S/c1-3-4-10-12(21(14,19)20)11(17-16-10)13(18)15-7-8(2)9-5-6-9/h8-9H,3-7H2,1-2H3,(H,15,18)(H,16,17). The van der Waals surface area contributed by atoms with Gasteiger partial charge in [0.2, 0.25) is 0 Å². The Hall–Kier alpha value is -1.08. The molecule has 8 heteroatoms. The minimum Gasteiger partial charge on any atom is -0.350 e. The summed E-state index contributed by atoms with van der Waals surface area (Å²) in [5.74, 6) is 0.552. The van der Waals surface area contributed by atoms with Gasteiger partial charge in [0.05, 0.1) is 5.69 Å². The lowest BCUT2D eigenvalue weighted by Crippen LogP contribution is -2.30. The molecule has 0 bridgehead atoms. The molecule has 1 aromatic heterocycles. The Morgan fingerprint density at radius 2 is 2.19 bits per heavy atom. The van der Waals surface area contributed by atoms with E-state index >= 15 is 0 Å². The van der Waals surface area contributed by atoms with Gasteiger partial charge in [0.15, 0.2) is 5.69 Å². The Bertz CT molecular complexity index is 623. The van der Waals surface area contributed by atoms with Gasteiger partial charge in [-0.25, -0.2) is 8.42 Å². The molecule has 1 amide bonds. The van der Waals surface area contributed by atoms with Gasteiger partial charge in [-0.15, -0.1) is 0 Å². The van der Waals surface area contributed by atoms with Crippen molar-refractivity contribution in [2.24, 2.45) is 11.8 Å². The number of H-pyrrole nitrogens is 1. The van der Waals surface area contributed by atoms with Crippen LogP contribution in [0.25, 0.3) is 0 Å². The van der Waals surface area contributed by atoms with Gasteiger partial charge in [-0.3, -0.25) is 9.89 Å². The Morgan fingerprint density at radius 1 is 1.52 bits per heavy atom. The molecule has 1 saturated carbocycles. The van der Waals surface area contributed by atoms with Crippen molar-refractivity contribution >= 4 is 25.6 Å². The van der Waals surface area contributed by atoms with Crippen LogP contribution in [0.5, 0.6) is 0 Å². The highest BCUT2D eigenvalue weighted by atomic mass is 35.7. The highest BCUT2D eigenvalue weighted by Gasteiger charge is 2.30. The Morgan fingerprint density at radius 3 is 2.71 bits per heavy atom. The minimum atomic E-state index is -4.01. The first kappa shape index (κ1) is 16.3. The molecule has 1 heterocycles. The monoisotopic (exact) mass is 333 g/mol. The first-order valence-corrected chi connectivity index (χ1v) is 9.45. The minimum absolute atomic E-state index is 0.142. The molecule has 1 aliphatic carbocycles. The van der Waals surface area contributed by atoms with Gasteiger partial charge in [0.1, 0.15) is 4.90 Å². The van der Waals surface area contributed by atoms with Crippen molar-refractivity contribution in [3.05, 3.63) is 11.4 Å². The molecule has 21 heavy (non-hydrogen) atoms. The van der Waals surface area contributed by atoms with Crippen LogP contribution in [0.1, 0.15) is 49.3 Å². The second-order valence-corrected chi connectivity index (χ2v) is 8.10. The molecule has 1 unspecified atom stereocenters. The van der Waals surface area contributed by atoms with Crippen LogP contribution in [0.2, 0.25) is 0 Å². The van der Waals surface area contributed by atoms with Crippen LogP contribution in [0, 0.1) is 11.8 Å². The summed E-state index contributed by atoms with van der Waals surface area (Å²) in [5.41, 5.74) is 0.240. The molecule has 1 aromatic rings. The largest absolute Gasteiger partial charge is 0.350 e. The second-order valence-electron chi connectivity index (χ2n) is 5.59. The van der Waals surface area contributed by atoms with Gasteiger partial charge in [0, 0.05) is 17.2 Å². The highest BCUT2D eigenvalue weighted by Crippen LogP contribution is 2.36. The molecular formula is C13H20ClN3O3S. The molecule has 6 nitrogen and oxygen atoms in total. The van der Waals surface area contributed by atoms with Gasteiger partial charge in [-0.1, -0.05) is 20.3 Å². The molecule has 1 atom stereocenters. The summed E-state index contributed by atoms with van der Waals surface area (Å²) in [5, 5.41) is 9.19. The van der Waals surface area contributed by atoms with Crippen molar-refractivity contribution in [2.75, 3.05) is 6.54 Å². The zero-order valence-corrected chi connectivity index (χ0v) is 13.7. The maximum Gasteiger partial charge on any atom is 0.273 e. The number of aromatic nitrogens is 2. The lowest BCUT2D eigenvalue weighted by molar-refractivity contribution is 0.0938. The highest BCUT2D eigenvalue weighted by molar-refractivity contribution is 8.13. The molecule has 0 saturated heterocycles. The van der Waals surface area contributed by atoms with Crippen molar-refractivity contribution in [3.63, 3.8) is 0 Å². The fourth-order valence-electron chi connectivity index (χ4n) is 2.37. The second kappa shape index (κ2) is 6.36. The van der Waals surface area contributed by atoms with Gasteiger partial charge < -0.3 is 5.32 Å². The number of nitrogens with one attached hydrogen (secondary N) is 2. The Labute approximate surface area is 129 Å².